The second-order valence-electron chi connectivity index (χ2n) is 4.36. The van der Waals surface area contributed by atoms with E-state index in [4.69, 9.17) is 0 Å². The molecule has 19 heavy (non-hydrogen) atoms. The monoisotopic (exact) mass is 276 g/mol. The number of hydrogen-bond donors (Lipinski definition) is 1. The summed E-state index contributed by atoms with van der Waals surface area (Å²) >= 11 is 1.54. The zero-order valence-electron chi connectivity index (χ0n) is 11.2. The number of nitrogens with zero attached hydrogens (tertiary/aromatic N) is 3. The minimum atomic E-state index is -0.134. The SMILES string of the molecule is Cc1csc(CNC(=O)c2ccc(N(C)C)nc2)n1. The molecule has 0 aliphatic heterocycles. The van der Waals surface area contributed by atoms with Crippen LogP contribution in [0.5, 0.6) is 0 Å². The molecule has 0 aromatic carbocycles. The van der Waals surface area contributed by atoms with Crippen LogP contribution in [-0.2, 0) is 6.54 Å². The van der Waals surface area contributed by atoms with Crippen LogP contribution in [0.15, 0.2) is 23.7 Å². The maximum absolute atomic E-state index is 11.9. The van der Waals surface area contributed by atoms with Crippen molar-refractivity contribution in [3.05, 3.63) is 40.0 Å². The number of carbonyl (C=O) groups is 1. The first-order valence-electron chi connectivity index (χ1n) is 5.89. The number of amides is 1. The molecule has 0 aliphatic carbocycles. The van der Waals surface area contributed by atoms with Crippen LogP contribution in [0.4, 0.5) is 5.82 Å². The molecule has 0 aliphatic rings. The fourth-order valence-corrected chi connectivity index (χ4v) is 2.24. The van der Waals surface area contributed by atoms with Gasteiger partial charge in [0.2, 0.25) is 0 Å². The molecule has 0 fully saturated rings. The molecule has 2 heterocycles. The maximum Gasteiger partial charge on any atom is 0.253 e. The summed E-state index contributed by atoms with van der Waals surface area (Å²) in [7, 11) is 3.82. The van der Waals surface area contributed by atoms with E-state index in [9.17, 15) is 4.79 Å². The first kappa shape index (κ1) is 13.5. The third-order valence-electron chi connectivity index (χ3n) is 2.54. The predicted octanol–water partition coefficient (Wildman–Crippen LogP) is 1.84. The number of anilines is 1. The molecule has 0 saturated heterocycles. The van der Waals surface area contributed by atoms with Gasteiger partial charge in [0.05, 0.1) is 12.1 Å². The van der Waals surface area contributed by atoms with Crippen LogP contribution in [0, 0.1) is 6.92 Å². The molecule has 6 heteroatoms. The number of carbonyl (C=O) groups excluding carboxylic acids is 1. The highest BCUT2D eigenvalue weighted by Gasteiger charge is 2.07. The quantitative estimate of drug-likeness (QED) is 0.925. The molecule has 0 unspecified atom stereocenters. The van der Waals surface area contributed by atoms with E-state index in [-0.39, 0.29) is 5.91 Å². The van der Waals surface area contributed by atoms with Gasteiger partial charge in [0.15, 0.2) is 0 Å². The average Bonchev–Trinajstić information content (AvgIpc) is 2.82. The van der Waals surface area contributed by atoms with Crippen LogP contribution in [-0.4, -0.2) is 30.0 Å². The van der Waals surface area contributed by atoms with Crippen LogP contribution in [0.25, 0.3) is 0 Å². The molecule has 2 aromatic rings. The number of aromatic nitrogens is 2. The Balaban J connectivity index is 1.96. The van der Waals surface area contributed by atoms with Gasteiger partial charge in [-0.25, -0.2) is 9.97 Å². The van der Waals surface area contributed by atoms with Crippen LogP contribution in [0.3, 0.4) is 0 Å². The Morgan fingerprint density at radius 1 is 1.42 bits per heavy atom. The minimum absolute atomic E-state index is 0.134. The molecule has 1 amide bonds. The highest BCUT2D eigenvalue weighted by atomic mass is 32.1. The first-order chi connectivity index (χ1) is 9.06. The normalized spacial score (nSPS) is 10.3. The van der Waals surface area contributed by atoms with E-state index in [0.29, 0.717) is 12.1 Å². The molecule has 0 saturated carbocycles. The van der Waals surface area contributed by atoms with Crippen LogP contribution < -0.4 is 10.2 Å². The second-order valence-corrected chi connectivity index (χ2v) is 5.31. The summed E-state index contributed by atoms with van der Waals surface area (Å²) in [5, 5.41) is 5.71. The van der Waals surface area contributed by atoms with Gasteiger partial charge in [-0.3, -0.25) is 4.79 Å². The lowest BCUT2D eigenvalue weighted by molar-refractivity contribution is 0.0950. The highest BCUT2D eigenvalue weighted by molar-refractivity contribution is 7.09. The summed E-state index contributed by atoms with van der Waals surface area (Å²) in [6, 6.07) is 3.59. The molecule has 1 N–H and O–H groups in total. The summed E-state index contributed by atoms with van der Waals surface area (Å²) in [5.74, 6) is 0.692. The summed E-state index contributed by atoms with van der Waals surface area (Å²) in [6.07, 6.45) is 1.58. The Hall–Kier alpha value is -1.95. The van der Waals surface area contributed by atoms with Crippen LogP contribution >= 0.6 is 11.3 Å². The molecule has 2 aromatic heterocycles. The van der Waals surface area contributed by atoms with E-state index in [1.807, 2.05) is 37.4 Å². The lowest BCUT2D eigenvalue weighted by Crippen LogP contribution is -2.23. The molecule has 0 bridgehead atoms. The second kappa shape index (κ2) is 5.79. The number of thiazole rings is 1. The van der Waals surface area contributed by atoms with Crippen molar-refractivity contribution in [2.75, 3.05) is 19.0 Å². The summed E-state index contributed by atoms with van der Waals surface area (Å²) in [4.78, 5) is 22.3. The summed E-state index contributed by atoms with van der Waals surface area (Å²) in [5.41, 5.74) is 1.53. The minimum Gasteiger partial charge on any atom is -0.363 e. The molecular weight excluding hydrogens is 260 g/mol. The van der Waals surface area contributed by atoms with E-state index in [0.717, 1.165) is 16.5 Å². The van der Waals surface area contributed by atoms with Crippen molar-refractivity contribution >= 4 is 23.1 Å². The molecular formula is C13H16N4OS. The lowest BCUT2D eigenvalue weighted by Gasteiger charge is -2.11. The Labute approximate surface area is 116 Å². The molecule has 100 valence electrons. The Bertz CT molecular complexity index is 562. The predicted molar refractivity (Wildman–Crippen MR) is 76.6 cm³/mol. The van der Waals surface area contributed by atoms with Gasteiger partial charge in [0.25, 0.3) is 5.91 Å². The average molecular weight is 276 g/mol. The Morgan fingerprint density at radius 2 is 2.21 bits per heavy atom. The van der Waals surface area contributed by atoms with Crippen LogP contribution in [0.1, 0.15) is 21.1 Å². The number of nitrogens with one attached hydrogen (secondary N) is 1. The van der Waals surface area contributed by atoms with Crippen molar-refractivity contribution in [3.63, 3.8) is 0 Å². The third kappa shape index (κ3) is 3.51. The van der Waals surface area contributed by atoms with Crippen molar-refractivity contribution in [2.24, 2.45) is 0 Å². The van der Waals surface area contributed by atoms with Crippen molar-refractivity contribution in [1.29, 1.82) is 0 Å². The standard InChI is InChI=1S/C13H16N4OS/c1-9-8-19-12(16-9)7-15-13(18)10-4-5-11(14-6-10)17(2)3/h4-6,8H,7H2,1-3H3,(H,15,18). The van der Waals surface area contributed by atoms with Gasteiger partial charge in [-0.15, -0.1) is 11.3 Å². The fourth-order valence-electron chi connectivity index (χ4n) is 1.53. The Morgan fingerprint density at radius 3 is 2.74 bits per heavy atom. The zero-order chi connectivity index (χ0) is 13.8. The summed E-state index contributed by atoms with van der Waals surface area (Å²) in [6.45, 7) is 2.39. The van der Waals surface area contributed by atoms with Gasteiger partial charge >= 0.3 is 0 Å². The van der Waals surface area contributed by atoms with E-state index < -0.39 is 0 Å². The highest BCUT2D eigenvalue weighted by Crippen LogP contribution is 2.10. The smallest absolute Gasteiger partial charge is 0.253 e. The van der Waals surface area contributed by atoms with Gasteiger partial charge in [0, 0.05) is 31.4 Å². The van der Waals surface area contributed by atoms with Gasteiger partial charge in [-0.1, -0.05) is 0 Å². The molecule has 5 nitrogen and oxygen atoms in total. The maximum atomic E-state index is 11.9. The molecule has 0 atom stereocenters. The topological polar surface area (TPSA) is 58.1 Å². The number of hydrogen-bond acceptors (Lipinski definition) is 5. The summed E-state index contributed by atoms with van der Waals surface area (Å²) < 4.78 is 0. The van der Waals surface area contributed by atoms with Gasteiger partial charge in [-0.05, 0) is 19.1 Å². The van der Waals surface area contributed by atoms with Crippen molar-refractivity contribution in [3.8, 4) is 0 Å². The zero-order valence-corrected chi connectivity index (χ0v) is 12.0. The van der Waals surface area contributed by atoms with Crippen molar-refractivity contribution in [1.82, 2.24) is 15.3 Å². The third-order valence-corrected chi connectivity index (χ3v) is 3.50. The van der Waals surface area contributed by atoms with E-state index in [1.165, 1.54) is 0 Å². The van der Waals surface area contributed by atoms with Crippen molar-refractivity contribution in [2.45, 2.75) is 13.5 Å². The molecule has 0 spiro atoms. The number of pyridine rings is 1. The van der Waals surface area contributed by atoms with Gasteiger partial charge in [0.1, 0.15) is 10.8 Å². The molecule has 2 rings (SSSR count). The van der Waals surface area contributed by atoms with E-state index in [1.54, 1.807) is 23.6 Å². The fraction of sp³-hybridized carbons (Fsp3) is 0.308. The molecule has 0 radical (unpaired) electrons. The van der Waals surface area contributed by atoms with Crippen molar-refractivity contribution < 1.29 is 4.79 Å². The van der Waals surface area contributed by atoms with Gasteiger partial charge in [-0.2, -0.15) is 0 Å². The largest absolute Gasteiger partial charge is 0.363 e. The van der Waals surface area contributed by atoms with E-state index >= 15 is 0 Å². The van der Waals surface area contributed by atoms with Crippen LogP contribution in [0.2, 0.25) is 0 Å². The number of rotatable bonds is 4. The Kier molecular flexibility index (Phi) is 4.11. The van der Waals surface area contributed by atoms with E-state index in [2.05, 4.69) is 15.3 Å². The first-order valence-corrected chi connectivity index (χ1v) is 6.77. The van der Waals surface area contributed by atoms with Gasteiger partial charge < -0.3 is 10.2 Å². The lowest BCUT2D eigenvalue weighted by atomic mass is 10.2. The number of aryl methyl sites for hydroxylation is 1.